The lowest BCUT2D eigenvalue weighted by molar-refractivity contribution is -0.117. The number of ether oxygens (including phenoxy) is 1. The number of carbonyl (C=O) groups is 1. The molecule has 1 aromatic carbocycles. The number of rotatable bonds is 3. The summed E-state index contributed by atoms with van der Waals surface area (Å²) in [6.07, 6.45) is 0. The van der Waals surface area contributed by atoms with Crippen LogP contribution in [0.25, 0.3) is 11.3 Å². The lowest BCUT2D eigenvalue weighted by Gasteiger charge is -2.14. The van der Waals surface area contributed by atoms with Crippen molar-refractivity contribution < 1.29 is 9.53 Å². The number of hydrogen-bond donors (Lipinski definition) is 3. The lowest BCUT2D eigenvalue weighted by Crippen LogP contribution is -2.33. The van der Waals surface area contributed by atoms with Crippen LogP contribution in [0.2, 0.25) is 0 Å². The summed E-state index contributed by atoms with van der Waals surface area (Å²) in [7, 11) is 1.59. The topological polar surface area (TPSA) is 130 Å². The van der Waals surface area contributed by atoms with Crippen molar-refractivity contribution in [3.05, 3.63) is 29.8 Å². The molecule has 2 heterocycles. The highest BCUT2D eigenvalue weighted by atomic mass is 32.2. The third-order valence-electron chi connectivity index (χ3n) is 3.45. The van der Waals surface area contributed by atoms with Gasteiger partial charge in [0.15, 0.2) is 0 Å². The first kappa shape index (κ1) is 14.6. The zero-order valence-electron chi connectivity index (χ0n) is 11.8. The molecule has 0 spiro atoms. The Hall–Kier alpha value is -2.32. The summed E-state index contributed by atoms with van der Waals surface area (Å²) < 4.78 is 5.23. The molecule has 0 fully saturated rings. The molecule has 2 aromatic rings. The van der Waals surface area contributed by atoms with Crippen LogP contribution in [0.15, 0.2) is 29.3 Å². The van der Waals surface area contributed by atoms with Gasteiger partial charge in [-0.05, 0) is 12.1 Å². The van der Waals surface area contributed by atoms with E-state index >= 15 is 0 Å². The minimum absolute atomic E-state index is 0.126. The van der Waals surface area contributed by atoms with E-state index in [1.54, 1.807) is 7.11 Å². The zero-order valence-corrected chi connectivity index (χ0v) is 12.6. The van der Waals surface area contributed by atoms with Crippen LogP contribution in [0.1, 0.15) is 11.6 Å². The van der Waals surface area contributed by atoms with E-state index in [1.807, 2.05) is 24.3 Å². The van der Waals surface area contributed by atoms with Crippen LogP contribution >= 0.6 is 11.8 Å². The van der Waals surface area contributed by atoms with Gasteiger partial charge in [0.2, 0.25) is 11.9 Å². The molecular formula is C14H15N5O2S. The van der Waals surface area contributed by atoms with Gasteiger partial charge in [0, 0.05) is 11.1 Å². The summed E-state index contributed by atoms with van der Waals surface area (Å²) >= 11 is 1.22. The quantitative estimate of drug-likeness (QED) is 0.710. The van der Waals surface area contributed by atoms with Crippen molar-refractivity contribution in [3.8, 4) is 17.0 Å². The van der Waals surface area contributed by atoms with E-state index in [2.05, 4.69) is 9.97 Å². The standard InChI is InChI=1S/C14H15N5O2S/c1-21-7-4-2-3-6(5-7)10-8-9(15)11(12(16)20)22-13(8)19-14(17)18-10/h2-5,9,11H,15H2,1H3,(H2,16,20)(H2,17,18,19). The molecule has 8 heteroatoms. The summed E-state index contributed by atoms with van der Waals surface area (Å²) in [6.45, 7) is 0. The first-order valence-corrected chi connectivity index (χ1v) is 7.42. The van der Waals surface area contributed by atoms with Crippen molar-refractivity contribution in [3.63, 3.8) is 0 Å². The molecule has 3 rings (SSSR count). The predicted octanol–water partition coefficient (Wildman–Crippen LogP) is 0.694. The summed E-state index contributed by atoms with van der Waals surface area (Å²) in [5.74, 6) is 0.334. The van der Waals surface area contributed by atoms with Crippen molar-refractivity contribution in [2.24, 2.45) is 11.5 Å². The molecule has 6 N–H and O–H groups in total. The lowest BCUT2D eigenvalue weighted by atomic mass is 9.99. The largest absolute Gasteiger partial charge is 0.497 e. The normalized spacial score (nSPS) is 19.7. The molecule has 1 aromatic heterocycles. The molecule has 1 aliphatic heterocycles. The molecule has 22 heavy (non-hydrogen) atoms. The van der Waals surface area contributed by atoms with Crippen molar-refractivity contribution >= 4 is 23.6 Å². The maximum absolute atomic E-state index is 11.5. The fraction of sp³-hybridized carbons (Fsp3) is 0.214. The molecule has 0 aliphatic carbocycles. The van der Waals surface area contributed by atoms with E-state index in [-0.39, 0.29) is 5.95 Å². The Bertz CT molecular complexity index is 752. The van der Waals surface area contributed by atoms with E-state index in [1.165, 1.54) is 11.8 Å². The highest BCUT2D eigenvalue weighted by molar-refractivity contribution is 8.01. The van der Waals surface area contributed by atoms with Gasteiger partial charge in [-0.3, -0.25) is 4.79 Å². The van der Waals surface area contributed by atoms with Gasteiger partial charge in [-0.1, -0.05) is 23.9 Å². The van der Waals surface area contributed by atoms with Crippen molar-refractivity contribution in [2.45, 2.75) is 16.3 Å². The number of methoxy groups -OCH3 is 1. The van der Waals surface area contributed by atoms with Gasteiger partial charge in [-0.2, -0.15) is 0 Å². The monoisotopic (exact) mass is 317 g/mol. The SMILES string of the molecule is COc1cccc(-c2nc(N)nc3c2C(N)C(C(N)=O)S3)c1. The number of fused-ring (bicyclic) bond motifs is 1. The molecule has 0 bridgehead atoms. The van der Waals surface area contributed by atoms with E-state index < -0.39 is 17.2 Å². The van der Waals surface area contributed by atoms with E-state index in [9.17, 15) is 4.79 Å². The highest BCUT2D eigenvalue weighted by Gasteiger charge is 2.38. The number of hydrogen-bond acceptors (Lipinski definition) is 7. The molecule has 2 atom stereocenters. The van der Waals surface area contributed by atoms with Gasteiger partial charge in [0.05, 0.1) is 18.8 Å². The molecule has 0 saturated carbocycles. The average molecular weight is 317 g/mol. The van der Waals surface area contributed by atoms with Crippen LogP contribution in [0.5, 0.6) is 5.75 Å². The van der Waals surface area contributed by atoms with E-state index in [0.717, 1.165) is 5.56 Å². The number of benzene rings is 1. The average Bonchev–Trinajstić information content (AvgIpc) is 2.83. The molecule has 114 valence electrons. The smallest absolute Gasteiger partial charge is 0.232 e. The maximum atomic E-state index is 11.5. The first-order valence-electron chi connectivity index (χ1n) is 6.54. The van der Waals surface area contributed by atoms with Gasteiger partial charge in [-0.15, -0.1) is 0 Å². The van der Waals surface area contributed by atoms with Gasteiger partial charge in [0.25, 0.3) is 0 Å². The number of carbonyl (C=O) groups excluding carboxylic acids is 1. The Balaban J connectivity index is 2.16. The zero-order chi connectivity index (χ0) is 15.9. The Kier molecular flexibility index (Phi) is 3.63. The molecule has 1 amide bonds. The Labute approximate surface area is 131 Å². The molecule has 7 nitrogen and oxygen atoms in total. The fourth-order valence-electron chi connectivity index (χ4n) is 2.43. The Morgan fingerprint density at radius 1 is 1.36 bits per heavy atom. The van der Waals surface area contributed by atoms with Gasteiger partial charge < -0.3 is 21.9 Å². The highest BCUT2D eigenvalue weighted by Crippen LogP contribution is 2.45. The minimum atomic E-state index is -0.574. The Morgan fingerprint density at radius 3 is 2.82 bits per heavy atom. The summed E-state index contributed by atoms with van der Waals surface area (Å²) in [4.78, 5) is 20.0. The van der Waals surface area contributed by atoms with Gasteiger partial charge >= 0.3 is 0 Å². The molecule has 2 unspecified atom stereocenters. The number of nitrogens with zero attached hydrogens (tertiary/aromatic N) is 2. The van der Waals surface area contributed by atoms with Crippen LogP contribution in [0, 0.1) is 0 Å². The van der Waals surface area contributed by atoms with Crippen LogP contribution in [0.4, 0.5) is 5.95 Å². The van der Waals surface area contributed by atoms with E-state index in [4.69, 9.17) is 21.9 Å². The number of aromatic nitrogens is 2. The summed E-state index contributed by atoms with van der Waals surface area (Å²) in [6, 6.07) is 6.81. The number of amides is 1. The number of nitrogens with two attached hydrogens (primary N) is 3. The third-order valence-corrected chi connectivity index (χ3v) is 4.76. The van der Waals surface area contributed by atoms with Crippen molar-refractivity contribution in [2.75, 3.05) is 12.8 Å². The Morgan fingerprint density at radius 2 is 2.14 bits per heavy atom. The predicted molar refractivity (Wildman–Crippen MR) is 84.2 cm³/mol. The minimum Gasteiger partial charge on any atom is -0.497 e. The summed E-state index contributed by atoms with van der Waals surface area (Å²) in [5.41, 5.74) is 19.5. The second-order valence-corrected chi connectivity index (χ2v) is 5.98. The van der Waals surface area contributed by atoms with Crippen LogP contribution in [0.3, 0.4) is 0 Å². The second kappa shape index (κ2) is 5.47. The van der Waals surface area contributed by atoms with E-state index in [0.29, 0.717) is 22.0 Å². The van der Waals surface area contributed by atoms with Crippen molar-refractivity contribution in [1.82, 2.24) is 9.97 Å². The van der Waals surface area contributed by atoms with Crippen LogP contribution < -0.4 is 21.9 Å². The molecule has 1 aliphatic rings. The molecule has 0 saturated heterocycles. The van der Waals surface area contributed by atoms with Crippen LogP contribution in [-0.4, -0.2) is 28.2 Å². The number of thioether (sulfide) groups is 1. The number of anilines is 1. The van der Waals surface area contributed by atoms with Crippen LogP contribution in [-0.2, 0) is 4.79 Å². The fourth-order valence-corrected chi connectivity index (χ4v) is 3.57. The van der Waals surface area contributed by atoms with Gasteiger partial charge in [0.1, 0.15) is 16.0 Å². The second-order valence-electron chi connectivity index (χ2n) is 4.85. The molecule has 0 radical (unpaired) electrons. The maximum Gasteiger partial charge on any atom is 0.232 e. The number of primary amides is 1. The summed E-state index contributed by atoms with van der Waals surface area (Å²) in [5, 5.41) is 0.0251. The van der Waals surface area contributed by atoms with Crippen molar-refractivity contribution in [1.29, 1.82) is 0 Å². The molecular weight excluding hydrogens is 302 g/mol. The first-order chi connectivity index (χ1) is 10.5. The number of nitrogen functional groups attached to an aromatic ring is 1. The third kappa shape index (κ3) is 2.36. The van der Waals surface area contributed by atoms with Gasteiger partial charge in [-0.25, -0.2) is 9.97 Å².